The highest BCUT2D eigenvalue weighted by atomic mass is 19.3. The molecule has 3 aromatic rings. The summed E-state index contributed by atoms with van der Waals surface area (Å²) in [5, 5.41) is 5.85. The van der Waals surface area contributed by atoms with Crippen LogP contribution in [0.3, 0.4) is 0 Å². The SMILES string of the molecule is CC(NC(=O)c1cn(C2(C(F)F)CC2)c(=O)cc1NC1[C@H]2CN(C)C[C@@H]12)c1cccc(C(F)(F)c2cocn2)c1F. The van der Waals surface area contributed by atoms with Crippen molar-refractivity contribution in [3.8, 4) is 0 Å². The number of amides is 1. The third kappa shape index (κ3) is 4.59. The van der Waals surface area contributed by atoms with Crippen LogP contribution in [0.25, 0.3) is 0 Å². The lowest BCUT2D eigenvalue weighted by Gasteiger charge is -2.23. The molecule has 13 heteroatoms. The van der Waals surface area contributed by atoms with E-state index in [0.717, 1.165) is 48.6 Å². The largest absolute Gasteiger partial charge is 0.451 e. The fraction of sp³-hybridized carbons (Fsp3) is 0.464. The Hall–Kier alpha value is -3.74. The van der Waals surface area contributed by atoms with Crippen molar-refractivity contribution < 1.29 is 31.2 Å². The van der Waals surface area contributed by atoms with Gasteiger partial charge in [-0.05, 0) is 44.7 Å². The van der Waals surface area contributed by atoms with Crippen LogP contribution in [0.5, 0.6) is 0 Å². The van der Waals surface area contributed by atoms with E-state index < -0.39 is 52.5 Å². The van der Waals surface area contributed by atoms with E-state index in [1.54, 1.807) is 0 Å². The maximum absolute atomic E-state index is 15.4. The quantitative estimate of drug-likeness (QED) is 0.368. The molecule has 0 spiro atoms. The average molecular weight is 578 g/mol. The van der Waals surface area contributed by atoms with Crippen molar-refractivity contribution in [2.24, 2.45) is 11.8 Å². The number of benzene rings is 1. The van der Waals surface area contributed by atoms with E-state index in [0.29, 0.717) is 11.8 Å². The van der Waals surface area contributed by atoms with Crippen LogP contribution < -0.4 is 16.2 Å². The number of aromatic nitrogens is 2. The molecule has 2 saturated carbocycles. The molecule has 4 atom stereocenters. The lowest BCUT2D eigenvalue weighted by atomic mass is 9.98. The number of rotatable bonds is 9. The van der Waals surface area contributed by atoms with Gasteiger partial charge in [0.2, 0.25) is 0 Å². The summed E-state index contributed by atoms with van der Waals surface area (Å²) < 4.78 is 78.7. The number of fused-ring (bicyclic) bond motifs is 1. The second-order valence-electron chi connectivity index (χ2n) is 11.3. The number of nitrogens with zero attached hydrogens (tertiary/aromatic N) is 3. The molecule has 3 heterocycles. The number of alkyl halides is 4. The van der Waals surface area contributed by atoms with Crippen molar-refractivity contribution in [3.63, 3.8) is 0 Å². The molecular formula is C28H28F5N5O3. The Morgan fingerprint density at radius 2 is 1.93 bits per heavy atom. The van der Waals surface area contributed by atoms with Gasteiger partial charge >= 0.3 is 5.92 Å². The molecule has 41 heavy (non-hydrogen) atoms. The van der Waals surface area contributed by atoms with Crippen molar-refractivity contribution in [1.82, 2.24) is 19.8 Å². The molecule has 1 aromatic carbocycles. The molecule has 0 radical (unpaired) electrons. The number of hydrogen-bond acceptors (Lipinski definition) is 6. The zero-order valence-corrected chi connectivity index (χ0v) is 22.2. The third-order valence-corrected chi connectivity index (χ3v) is 8.58. The standard InChI is InChI=1S/C28H28F5N5O3/c1-14(15-4-3-5-19(23(15)29)28(32,33)21-12-41-13-34-21)35-25(40)18-11-38(27(6-7-27)26(30)31)22(39)8-20(18)36-24-16-9-37(2)10-17(16)24/h3-5,8,11-14,16-17,24,26,36H,6-7,9-10H2,1-2H3,(H,35,40)/t14?,16-,17+,24?. The van der Waals surface area contributed by atoms with Crippen LogP contribution in [0.2, 0.25) is 0 Å². The number of carbonyl (C=O) groups is 1. The Labute approximate surface area is 231 Å². The predicted octanol–water partition coefficient (Wildman–Crippen LogP) is 4.33. The molecule has 2 aliphatic carbocycles. The molecule has 2 aromatic heterocycles. The molecule has 3 fully saturated rings. The lowest BCUT2D eigenvalue weighted by Crippen LogP contribution is -2.37. The van der Waals surface area contributed by atoms with Crippen molar-refractivity contribution in [3.05, 3.63) is 81.7 Å². The zero-order chi connectivity index (χ0) is 29.3. The number of hydrogen-bond donors (Lipinski definition) is 2. The number of nitrogens with one attached hydrogen (secondary N) is 2. The van der Waals surface area contributed by atoms with Gasteiger partial charge in [0.1, 0.15) is 17.6 Å². The highest BCUT2D eigenvalue weighted by Gasteiger charge is 2.56. The molecule has 2 unspecified atom stereocenters. The number of pyridine rings is 1. The fourth-order valence-corrected chi connectivity index (χ4v) is 5.99. The molecule has 0 bridgehead atoms. The lowest BCUT2D eigenvalue weighted by molar-refractivity contribution is 0.0338. The second-order valence-corrected chi connectivity index (χ2v) is 11.3. The van der Waals surface area contributed by atoms with Gasteiger partial charge in [-0.1, -0.05) is 12.1 Å². The van der Waals surface area contributed by atoms with E-state index >= 15 is 4.39 Å². The van der Waals surface area contributed by atoms with Crippen LogP contribution in [0.4, 0.5) is 27.6 Å². The Balaban J connectivity index is 1.30. The fourth-order valence-electron chi connectivity index (χ4n) is 5.99. The maximum atomic E-state index is 15.4. The summed E-state index contributed by atoms with van der Waals surface area (Å²) in [7, 11) is 2.00. The van der Waals surface area contributed by atoms with Gasteiger partial charge in [-0.2, -0.15) is 8.78 Å². The molecule has 1 saturated heterocycles. The zero-order valence-electron chi connectivity index (χ0n) is 22.2. The second kappa shape index (κ2) is 9.68. The van der Waals surface area contributed by atoms with Crippen LogP contribution in [0.1, 0.15) is 53.0 Å². The van der Waals surface area contributed by atoms with Gasteiger partial charge in [0.25, 0.3) is 17.9 Å². The first-order valence-corrected chi connectivity index (χ1v) is 13.3. The minimum atomic E-state index is -3.80. The maximum Gasteiger partial charge on any atom is 0.320 e. The molecule has 3 aliphatic rings. The number of likely N-dealkylation sites (tertiary alicyclic amines) is 1. The van der Waals surface area contributed by atoms with Crippen LogP contribution in [0.15, 0.2) is 52.3 Å². The summed E-state index contributed by atoms with van der Waals surface area (Å²) in [6.07, 6.45) is 0.0271. The molecule has 1 amide bonds. The van der Waals surface area contributed by atoms with Gasteiger partial charge in [0.05, 0.1) is 22.9 Å². The van der Waals surface area contributed by atoms with Crippen LogP contribution in [0, 0.1) is 17.7 Å². The average Bonchev–Trinajstić information content (AvgIpc) is 3.67. The summed E-state index contributed by atoms with van der Waals surface area (Å²) >= 11 is 0. The molecule has 1 aliphatic heterocycles. The summed E-state index contributed by atoms with van der Waals surface area (Å²) in [5.74, 6) is -5.14. The minimum absolute atomic E-state index is 0.0169. The Morgan fingerprint density at radius 1 is 1.22 bits per heavy atom. The molecule has 6 rings (SSSR count). The Kier molecular flexibility index (Phi) is 6.47. The van der Waals surface area contributed by atoms with Gasteiger partial charge in [0, 0.05) is 37.0 Å². The molecule has 8 nitrogen and oxygen atoms in total. The Morgan fingerprint density at radius 3 is 2.54 bits per heavy atom. The summed E-state index contributed by atoms with van der Waals surface area (Å²) in [6, 6.07) is 3.49. The molecular weight excluding hydrogens is 549 g/mol. The van der Waals surface area contributed by atoms with Gasteiger partial charge in [-0.15, -0.1) is 0 Å². The Bertz CT molecular complexity index is 1530. The monoisotopic (exact) mass is 577 g/mol. The van der Waals surface area contributed by atoms with Crippen LogP contribution in [-0.2, 0) is 11.5 Å². The van der Waals surface area contributed by atoms with Crippen molar-refractivity contribution >= 4 is 11.6 Å². The van der Waals surface area contributed by atoms with Gasteiger partial charge in [-0.3, -0.25) is 9.59 Å². The predicted molar refractivity (Wildman–Crippen MR) is 138 cm³/mol. The summed E-state index contributed by atoms with van der Waals surface area (Å²) in [5.41, 5.74) is -4.14. The number of carbonyl (C=O) groups excluding carboxylic acids is 1. The first kappa shape index (κ1) is 27.4. The van der Waals surface area contributed by atoms with E-state index in [1.165, 1.54) is 19.1 Å². The number of anilines is 1. The van der Waals surface area contributed by atoms with Gasteiger partial charge in [0.15, 0.2) is 12.1 Å². The topological polar surface area (TPSA) is 92.4 Å². The molecule has 2 N–H and O–H groups in total. The van der Waals surface area contributed by atoms with Crippen LogP contribution in [-0.4, -0.2) is 53.0 Å². The van der Waals surface area contributed by atoms with Crippen molar-refractivity contribution in [1.29, 1.82) is 0 Å². The van der Waals surface area contributed by atoms with E-state index in [2.05, 4.69) is 24.9 Å². The smallest absolute Gasteiger partial charge is 0.320 e. The van der Waals surface area contributed by atoms with Gasteiger partial charge < -0.3 is 24.5 Å². The molecule has 218 valence electrons. The van der Waals surface area contributed by atoms with E-state index in [4.69, 9.17) is 0 Å². The summed E-state index contributed by atoms with van der Waals surface area (Å²) in [4.78, 5) is 32.1. The number of halogens is 5. The number of piperidine rings is 1. The normalized spacial score (nSPS) is 23.8. The van der Waals surface area contributed by atoms with E-state index in [-0.39, 0.29) is 35.7 Å². The van der Waals surface area contributed by atoms with Crippen LogP contribution >= 0.6 is 0 Å². The third-order valence-electron chi connectivity index (χ3n) is 8.58. The highest BCUT2D eigenvalue weighted by Crippen LogP contribution is 2.49. The van der Waals surface area contributed by atoms with Gasteiger partial charge in [-0.25, -0.2) is 18.2 Å². The first-order chi connectivity index (χ1) is 19.4. The first-order valence-electron chi connectivity index (χ1n) is 13.3. The van der Waals surface area contributed by atoms with Crippen molar-refractivity contribution in [2.45, 2.75) is 49.7 Å². The minimum Gasteiger partial charge on any atom is -0.451 e. The van der Waals surface area contributed by atoms with E-state index in [1.807, 2.05) is 7.05 Å². The number of oxazole rings is 1. The van der Waals surface area contributed by atoms with Crippen molar-refractivity contribution in [2.75, 3.05) is 25.5 Å². The summed E-state index contributed by atoms with van der Waals surface area (Å²) in [6.45, 7) is 3.11. The van der Waals surface area contributed by atoms with E-state index in [9.17, 15) is 27.2 Å². The highest BCUT2D eigenvalue weighted by molar-refractivity contribution is 5.99.